The van der Waals surface area contributed by atoms with Crippen LogP contribution < -0.4 is 4.74 Å². The molecule has 0 bridgehead atoms. The molecule has 2 aromatic rings. The second-order valence-electron chi connectivity index (χ2n) is 6.11. The highest BCUT2D eigenvalue weighted by Crippen LogP contribution is 2.24. The summed E-state index contributed by atoms with van der Waals surface area (Å²) in [4.78, 5) is 14.0. The number of carbonyl (C=O) groups excluding carboxylic acids is 1. The fourth-order valence-electron chi connectivity index (χ4n) is 2.37. The van der Waals surface area contributed by atoms with Gasteiger partial charge in [-0.2, -0.15) is 8.78 Å². The van der Waals surface area contributed by atoms with E-state index < -0.39 is 22.5 Å². The van der Waals surface area contributed by atoms with Crippen LogP contribution in [0.1, 0.15) is 15.9 Å². The lowest BCUT2D eigenvalue weighted by molar-refractivity contribution is -0.0498. The van der Waals surface area contributed by atoms with Gasteiger partial charge in [-0.15, -0.1) is 0 Å². The van der Waals surface area contributed by atoms with Crippen molar-refractivity contribution in [3.05, 3.63) is 58.6 Å². The van der Waals surface area contributed by atoms with E-state index in [9.17, 15) is 22.0 Å². The van der Waals surface area contributed by atoms with Crippen molar-refractivity contribution in [2.75, 3.05) is 21.1 Å². The van der Waals surface area contributed by atoms with E-state index in [0.29, 0.717) is 5.56 Å². The van der Waals surface area contributed by atoms with Crippen LogP contribution in [0.4, 0.5) is 8.78 Å². The number of rotatable bonds is 7. The zero-order valence-corrected chi connectivity index (χ0v) is 17.0. The predicted molar refractivity (Wildman–Crippen MR) is 101 cm³/mol. The van der Waals surface area contributed by atoms with Gasteiger partial charge in [0.2, 0.25) is 10.0 Å². The third kappa shape index (κ3) is 5.18. The summed E-state index contributed by atoms with van der Waals surface area (Å²) in [5.41, 5.74) is 0.718. The molecular weight excluding hydrogens is 414 g/mol. The standard InChI is InChI=1S/C18H19ClF2N2O4S/c1-22(2)28(25,26)14-8-9-16(19)15(10-14)17(24)23(3)11-12-4-6-13(7-5-12)27-18(20)21/h4-10,18H,11H2,1-3H3. The first-order valence-electron chi connectivity index (χ1n) is 8.03. The minimum atomic E-state index is -3.72. The lowest BCUT2D eigenvalue weighted by Crippen LogP contribution is -2.27. The number of sulfonamides is 1. The van der Waals surface area contributed by atoms with Gasteiger partial charge < -0.3 is 9.64 Å². The number of ether oxygens (including phenoxy) is 1. The van der Waals surface area contributed by atoms with E-state index in [2.05, 4.69) is 4.74 Å². The lowest BCUT2D eigenvalue weighted by atomic mass is 10.1. The van der Waals surface area contributed by atoms with E-state index in [1.807, 2.05) is 0 Å². The van der Waals surface area contributed by atoms with Crippen LogP contribution in [-0.2, 0) is 16.6 Å². The molecule has 0 saturated heterocycles. The Bertz CT molecular complexity index is 951. The molecule has 2 rings (SSSR count). The van der Waals surface area contributed by atoms with Crippen LogP contribution in [-0.4, -0.2) is 51.3 Å². The molecule has 152 valence electrons. The molecule has 2 aromatic carbocycles. The molecule has 0 saturated carbocycles. The van der Waals surface area contributed by atoms with Crippen molar-refractivity contribution in [1.29, 1.82) is 0 Å². The van der Waals surface area contributed by atoms with Gasteiger partial charge in [0.25, 0.3) is 5.91 Å². The second-order valence-corrected chi connectivity index (χ2v) is 8.67. The minimum absolute atomic E-state index is 0.0115. The summed E-state index contributed by atoms with van der Waals surface area (Å²) >= 11 is 6.09. The Morgan fingerprint density at radius 2 is 1.71 bits per heavy atom. The van der Waals surface area contributed by atoms with Gasteiger partial charge in [0.15, 0.2) is 0 Å². The first-order valence-corrected chi connectivity index (χ1v) is 9.85. The van der Waals surface area contributed by atoms with Gasteiger partial charge in [-0.25, -0.2) is 12.7 Å². The summed E-state index contributed by atoms with van der Waals surface area (Å²) in [7, 11) is 0.579. The zero-order valence-electron chi connectivity index (χ0n) is 15.4. The Morgan fingerprint density at radius 3 is 2.25 bits per heavy atom. The molecule has 0 aliphatic heterocycles. The lowest BCUT2D eigenvalue weighted by Gasteiger charge is -2.19. The summed E-state index contributed by atoms with van der Waals surface area (Å²) in [6.45, 7) is -2.75. The third-order valence-corrected chi connectivity index (χ3v) is 6.00. The highest BCUT2D eigenvalue weighted by Gasteiger charge is 2.22. The molecule has 0 spiro atoms. The van der Waals surface area contributed by atoms with E-state index >= 15 is 0 Å². The van der Waals surface area contributed by atoms with Gasteiger partial charge in [0.1, 0.15) is 5.75 Å². The van der Waals surface area contributed by atoms with Crippen LogP contribution >= 0.6 is 11.6 Å². The second kappa shape index (κ2) is 8.85. The van der Waals surface area contributed by atoms with Crippen LogP contribution in [0, 0.1) is 0 Å². The topological polar surface area (TPSA) is 66.9 Å². The molecule has 0 atom stereocenters. The Morgan fingerprint density at radius 1 is 1.11 bits per heavy atom. The Hall–Kier alpha value is -2.23. The monoisotopic (exact) mass is 432 g/mol. The van der Waals surface area contributed by atoms with Crippen molar-refractivity contribution in [3.63, 3.8) is 0 Å². The average molecular weight is 433 g/mol. The van der Waals surface area contributed by atoms with E-state index in [0.717, 1.165) is 4.31 Å². The maximum atomic E-state index is 12.7. The quantitative estimate of drug-likeness (QED) is 0.672. The maximum absolute atomic E-state index is 12.7. The van der Waals surface area contributed by atoms with E-state index in [1.54, 1.807) is 12.1 Å². The van der Waals surface area contributed by atoms with Crippen molar-refractivity contribution in [1.82, 2.24) is 9.21 Å². The van der Waals surface area contributed by atoms with E-state index in [1.165, 1.54) is 56.4 Å². The Balaban J connectivity index is 2.21. The number of nitrogens with zero attached hydrogens (tertiary/aromatic N) is 2. The number of hydrogen-bond donors (Lipinski definition) is 0. The third-order valence-electron chi connectivity index (χ3n) is 3.86. The molecule has 1 amide bonds. The first-order chi connectivity index (χ1) is 13.0. The summed E-state index contributed by atoms with van der Waals surface area (Å²) in [6.07, 6.45) is 0. The number of carbonyl (C=O) groups is 1. The van der Waals surface area contributed by atoms with E-state index in [4.69, 9.17) is 11.6 Å². The highest BCUT2D eigenvalue weighted by atomic mass is 35.5. The molecule has 0 unspecified atom stereocenters. The minimum Gasteiger partial charge on any atom is -0.435 e. The molecule has 0 aliphatic carbocycles. The van der Waals surface area contributed by atoms with Gasteiger partial charge in [0, 0.05) is 27.7 Å². The van der Waals surface area contributed by atoms with Crippen LogP contribution in [0.5, 0.6) is 5.75 Å². The van der Waals surface area contributed by atoms with Crippen LogP contribution in [0.3, 0.4) is 0 Å². The van der Waals surface area contributed by atoms with Crippen molar-refractivity contribution < 1.29 is 26.7 Å². The fraction of sp³-hybridized carbons (Fsp3) is 0.278. The van der Waals surface area contributed by atoms with Crippen molar-refractivity contribution >= 4 is 27.5 Å². The molecule has 6 nitrogen and oxygen atoms in total. The summed E-state index contributed by atoms with van der Waals surface area (Å²) < 4.78 is 54.3. The maximum Gasteiger partial charge on any atom is 0.387 e. The average Bonchev–Trinajstić information content (AvgIpc) is 2.62. The Kier molecular flexibility index (Phi) is 6.97. The molecular formula is C18H19ClF2N2O4S. The van der Waals surface area contributed by atoms with Crippen molar-refractivity contribution in [2.24, 2.45) is 0 Å². The SMILES string of the molecule is CN(Cc1ccc(OC(F)F)cc1)C(=O)c1cc(S(=O)(=O)N(C)C)ccc1Cl. The number of alkyl halides is 2. The predicted octanol–water partition coefficient (Wildman–Crippen LogP) is 3.46. The van der Waals surface area contributed by atoms with Crippen molar-refractivity contribution in [2.45, 2.75) is 18.1 Å². The summed E-state index contributed by atoms with van der Waals surface area (Å²) in [5.74, 6) is -0.467. The van der Waals surface area contributed by atoms with E-state index in [-0.39, 0.29) is 27.8 Å². The van der Waals surface area contributed by atoms with Gasteiger partial charge in [-0.05, 0) is 35.9 Å². The number of hydrogen-bond acceptors (Lipinski definition) is 4. The van der Waals surface area contributed by atoms with Crippen LogP contribution in [0.2, 0.25) is 5.02 Å². The number of halogens is 3. The van der Waals surface area contributed by atoms with Crippen molar-refractivity contribution in [3.8, 4) is 5.75 Å². The fourth-order valence-corrected chi connectivity index (χ4v) is 3.49. The van der Waals surface area contributed by atoms with Gasteiger partial charge in [0.05, 0.1) is 15.5 Å². The molecule has 0 N–H and O–H groups in total. The highest BCUT2D eigenvalue weighted by molar-refractivity contribution is 7.89. The molecule has 0 radical (unpaired) electrons. The molecule has 28 heavy (non-hydrogen) atoms. The number of benzene rings is 2. The van der Waals surface area contributed by atoms with Crippen LogP contribution in [0.25, 0.3) is 0 Å². The Labute approximate surface area is 167 Å². The number of amides is 1. The molecule has 10 heteroatoms. The van der Waals surface area contributed by atoms with Crippen LogP contribution in [0.15, 0.2) is 47.4 Å². The smallest absolute Gasteiger partial charge is 0.387 e. The molecule has 0 heterocycles. The van der Waals surface area contributed by atoms with Gasteiger partial charge in [-0.3, -0.25) is 4.79 Å². The molecule has 0 aliphatic rings. The molecule has 0 aromatic heterocycles. The largest absolute Gasteiger partial charge is 0.435 e. The summed E-state index contributed by atoms with van der Waals surface area (Å²) in [6, 6.07) is 9.77. The van der Waals surface area contributed by atoms with Gasteiger partial charge >= 0.3 is 6.61 Å². The van der Waals surface area contributed by atoms with Gasteiger partial charge in [-0.1, -0.05) is 23.7 Å². The summed E-state index contributed by atoms with van der Waals surface area (Å²) in [5, 5.41) is 0.121. The first kappa shape index (κ1) is 22.1. The normalized spacial score (nSPS) is 11.7. The zero-order chi connectivity index (χ0) is 21.1. The molecule has 0 fully saturated rings.